The highest BCUT2D eigenvalue weighted by Gasteiger charge is 2.17. The smallest absolute Gasteiger partial charge is 0.0992 e. The molecule has 96 valence electrons. The Hall–Kier alpha value is -1.73. The van der Waals surface area contributed by atoms with Crippen LogP contribution in [0.25, 0.3) is 0 Å². The van der Waals surface area contributed by atoms with Crippen LogP contribution in [0.15, 0.2) is 18.2 Å². The average molecular weight is 245 g/mol. The predicted octanol–water partition coefficient (Wildman–Crippen LogP) is 2.15. The van der Waals surface area contributed by atoms with Crippen molar-refractivity contribution in [1.29, 1.82) is 5.26 Å². The van der Waals surface area contributed by atoms with E-state index in [1.54, 1.807) is 12.1 Å². The average Bonchev–Trinajstić information content (AvgIpc) is 2.40. The zero-order valence-corrected chi connectivity index (χ0v) is 10.7. The summed E-state index contributed by atoms with van der Waals surface area (Å²) in [5.41, 5.74) is 8.20. The minimum Gasteiger partial charge on any atom is -0.397 e. The molecule has 4 heteroatoms. The first-order valence-electron chi connectivity index (χ1n) is 6.33. The second-order valence-corrected chi connectivity index (χ2v) is 4.75. The summed E-state index contributed by atoms with van der Waals surface area (Å²) in [6.45, 7) is 1.67. The maximum absolute atomic E-state index is 8.92. The topological polar surface area (TPSA) is 62.3 Å². The number of ether oxygens (including phenoxy) is 1. The first-order valence-corrected chi connectivity index (χ1v) is 6.33. The third kappa shape index (κ3) is 2.93. The molecule has 18 heavy (non-hydrogen) atoms. The minimum absolute atomic E-state index is 0.272. The Labute approximate surface area is 108 Å². The lowest BCUT2D eigenvalue weighted by atomic mass is 10.1. The van der Waals surface area contributed by atoms with E-state index in [-0.39, 0.29) is 6.10 Å². The number of hydrogen-bond donors (Lipinski definition) is 1. The third-order valence-electron chi connectivity index (χ3n) is 3.32. The molecule has 2 rings (SSSR count). The zero-order chi connectivity index (χ0) is 13.0. The Balaban J connectivity index is 2.07. The Morgan fingerprint density at radius 2 is 2.33 bits per heavy atom. The number of nitrogens with zero attached hydrogens (tertiary/aromatic N) is 2. The van der Waals surface area contributed by atoms with Crippen molar-refractivity contribution in [1.82, 2.24) is 0 Å². The Morgan fingerprint density at radius 3 is 3.00 bits per heavy atom. The zero-order valence-electron chi connectivity index (χ0n) is 10.7. The molecule has 0 aromatic heterocycles. The highest BCUT2D eigenvalue weighted by Crippen LogP contribution is 2.25. The van der Waals surface area contributed by atoms with Crippen molar-refractivity contribution in [3.05, 3.63) is 23.8 Å². The van der Waals surface area contributed by atoms with Gasteiger partial charge in [0.15, 0.2) is 0 Å². The second kappa shape index (κ2) is 5.74. The van der Waals surface area contributed by atoms with Crippen LogP contribution < -0.4 is 10.6 Å². The molecule has 1 aromatic carbocycles. The molecule has 1 aliphatic heterocycles. The number of hydrogen-bond acceptors (Lipinski definition) is 4. The van der Waals surface area contributed by atoms with Gasteiger partial charge in [-0.3, -0.25) is 0 Å². The van der Waals surface area contributed by atoms with Crippen LogP contribution in [0, 0.1) is 11.3 Å². The van der Waals surface area contributed by atoms with E-state index in [2.05, 4.69) is 11.0 Å². The van der Waals surface area contributed by atoms with Gasteiger partial charge in [-0.1, -0.05) is 0 Å². The van der Waals surface area contributed by atoms with Crippen LogP contribution in [-0.2, 0) is 4.74 Å². The summed E-state index contributed by atoms with van der Waals surface area (Å²) in [6, 6.07) is 7.49. The van der Waals surface area contributed by atoms with Gasteiger partial charge in [0.2, 0.25) is 0 Å². The molecular weight excluding hydrogens is 226 g/mol. The van der Waals surface area contributed by atoms with E-state index in [1.807, 2.05) is 13.1 Å². The fraction of sp³-hybridized carbons (Fsp3) is 0.500. The van der Waals surface area contributed by atoms with E-state index in [0.717, 1.165) is 31.7 Å². The van der Waals surface area contributed by atoms with Crippen molar-refractivity contribution in [3.63, 3.8) is 0 Å². The molecule has 0 spiro atoms. The largest absolute Gasteiger partial charge is 0.397 e. The van der Waals surface area contributed by atoms with Crippen LogP contribution in [0.3, 0.4) is 0 Å². The van der Waals surface area contributed by atoms with Gasteiger partial charge in [0.1, 0.15) is 0 Å². The minimum atomic E-state index is 0.272. The molecular formula is C14H19N3O. The van der Waals surface area contributed by atoms with Gasteiger partial charge in [-0.15, -0.1) is 0 Å². The van der Waals surface area contributed by atoms with Crippen LogP contribution in [0.1, 0.15) is 24.8 Å². The maximum Gasteiger partial charge on any atom is 0.0992 e. The van der Waals surface area contributed by atoms with Gasteiger partial charge in [0.05, 0.1) is 29.1 Å². The second-order valence-electron chi connectivity index (χ2n) is 4.75. The van der Waals surface area contributed by atoms with Crippen molar-refractivity contribution in [2.45, 2.75) is 25.4 Å². The summed E-state index contributed by atoms with van der Waals surface area (Å²) >= 11 is 0. The number of anilines is 2. The molecule has 1 unspecified atom stereocenters. The van der Waals surface area contributed by atoms with Crippen LogP contribution >= 0.6 is 0 Å². The van der Waals surface area contributed by atoms with Crippen LogP contribution in [0.5, 0.6) is 0 Å². The van der Waals surface area contributed by atoms with E-state index in [9.17, 15) is 0 Å². The van der Waals surface area contributed by atoms with Gasteiger partial charge >= 0.3 is 0 Å². The molecule has 2 N–H and O–H groups in total. The summed E-state index contributed by atoms with van der Waals surface area (Å²) < 4.78 is 5.72. The number of nitrogen functional groups attached to an aromatic ring is 1. The monoisotopic (exact) mass is 245 g/mol. The van der Waals surface area contributed by atoms with E-state index in [0.29, 0.717) is 11.3 Å². The van der Waals surface area contributed by atoms with Crippen LogP contribution in [0.2, 0.25) is 0 Å². The molecule has 4 nitrogen and oxygen atoms in total. The van der Waals surface area contributed by atoms with Gasteiger partial charge in [-0.2, -0.15) is 5.26 Å². The van der Waals surface area contributed by atoms with Gasteiger partial charge in [-0.25, -0.2) is 0 Å². The predicted molar refractivity (Wildman–Crippen MR) is 72.4 cm³/mol. The van der Waals surface area contributed by atoms with Gasteiger partial charge in [0, 0.05) is 20.2 Å². The number of likely N-dealkylation sites (N-methyl/N-ethyl adjacent to an activating group) is 1. The molecule has 1 atom stereocenters. The van der Waals surface area contributed by atoms with E-state index in [4.69, 9.17) is 15.7 Å². The quantitative estimate of drug-likeness (QED) is 0.829. The van der Waals surface area contributed by atoms with Crippen LogP contribution in [-0.4, -0.2) is 26.3 Å². The highest BCUT2D eigenvalue weighted by atomic mass is 16.5. The normalized spacial score (nSPS) is 19.2. The Morgan fingerprint density at radius 1 is 1.50 bits per heavy atom. The lowest BCUT2D eigenvalue weighted by molar-refractivity contribution is 0.0216. The molecule has 1 aromatic rings. The maximum atomic E-state index is 8.92. The Bertz CT molecular complexity index is 447. The summed E-state index contributed by atoms with van der Waals surface area (Å²) in [5, 5.41) is 8.92. The molecule has 0 radical (unpaired) electrons. The molecule has 0 bridgehead atoms. The molecule has 1 fully saturated rings. The SMILES string of the molecule is CN(CC1CCCCO1)c1cc(C#N)ccc1N. The van der Waals surface area contributed by atoms with E-state index < -0.39 is 0 Å². The van der Waals surface area contributed by atoms with Gasteiger partial charge < -0.3 is 15.4 Å². The van der Waals surface area contributed by atoms with Crippen molar-refractivity contribution < 1.29 is 4.74 Å². The first kappa shape index (κ1) is 12.7. The van der Waals surface area contributed by atoms with Gasteiger partial charge in [-0.05, 0) is 37.5 Å². The summed E-state index contributed by atoms with van der Waals surface area (Å²) in [4.78, 5) is 2.08. The molecule has 0 saturated carbocycles. The summed E-state index contributed by atoms with van der Waals surface area (Å²) in [5.74, 6) is 0. The molecule has 0 aliphatic carbocycles. The van der Waals surface area contributed by atoms with Crippen LogP contribution in [0.4, 0.5) is 11.4 Å². The Kier molecular flexibility index (Phi) is 4.06. The summed E-state index contributed by atoms with van der Waals surface area (Å²) in [6.07, 6.45) is 3.76. The van der Waals surface area contributed by atoms with Crippen molar-refractivity contribution in [2.75, 3.05) is 30.8 Å². The van der Waals surface area contributed by atoms with Crippen molar-refractivity contribution in [3.8, 4) is 6.07 Å². The number of benzene rings is 1. The van der Waals surface area contributed by atoms with Crippen molar-refractivity contribution >= 4 is 11.4 Å². The first-order chi connectivity index (χ1) is 8.70. The number of rotatable bonds is 3. The fourth-order valence-corrected chi connectivity index (χ4v) is 2.30. The third-order valence-corrected chi connectivity index (χ3v) is 3.32. The lowest BCUT2D eigenvalue weighted by Crippen LogP contribution is -2.33. The number of nitrogens with two attached hydrogens (primary N) is 1. The summed E-state index contributed by atoms with van der Waals surface area (Å²) in [7, 11) is 1.99. The molecule has 1 aliphatic rings. The number of nitriles is 1. The van der Waals surface area contributed by atoms with E-state index in [1.165, 1.54) is 6.42 Å². The lowest BCUT2D eigenvalue weighted by Gasteiger charge is -2.29. The molecule has 1 heterocycles. The van der Waals surface area contributed by atoms with Gasteiger partial charge in [0.25, 0.3) is 0 Å². The van der Waals surface area contributed by atoms with Crippen molar-refractivity contribution in [2.24, 2.45) is 0 Å². The highest BCUT2D eigenvalue weighted by molar-refractivity contribution is 5.69. The standard InChI is InChI=1S/C14H19N3O/c1-17(10-12-4-2-3-7-18-12)14-8-11(9-15)5-6-13(14)16/h5-6,8,12H,2-4,7,10,16H2,1H3. The van der Waals surface area contributed by atoms with E-state index >= 15 is 0 Å². The molecule has 0 amide bonds. The fourth-order valence-electron chi connectivity index (χ4n) is 2.30. The molecule has 1 saturated heterocycles.